The maximum atomic E-state index is 12.6. The molecule has 8 heteroatoms. The van der Waals surface area contributed by atoms with Crippen molar-refractivity contribution in [3.63, 3.8) is 0 Å². The molecule has 0 atom stereocenters. The number of hydrogen-bond donors (Lipinski definition) is 1. The number of para-hydroxylation sites is 1. The van der Waals surface area contributed by atoms with E-state index < -0.39 is 0 Å². The highest BCUT2D eigenvalue weighted by Gasteiger charge is 2.21. The number of ether oxygens (including phenoxy) is 2. The molecule has 1 aromatic heterocycles. The van der Waals surface area contributed by atoms with Crippen LogP contribution in [0, 0.1) is 6.92 Å². The molecule has 0 aliphatic heterocycles. The largest absolute Gasteiger partial charge is 0.493 e. The zero-order valence-electron chi connectivity index (χ0n) is 14.0. The van der Waals surface area contributed by atoms with E-state index in [0.717, 1.165) is 0 Å². The van der Waals surface area contributed by atoms with Crippen LogP contribution in [0.15, 0.2) is 28.8 Å². The molecular weight excluding hydrogens is 314 g/mol. The fourth-order valence-electron chi connectivity index (χ4n) is 2.16. The van der Waals surface area contributed by atoms with E-state index in [1.165, 1.54) is 26.2 Å². The average molecular weight is 333 g/mol. The molecule has 0 spiro atoms. The Labute approximate surface area is 139 Å². The van der Waals surface area contributed by atoms with Crippen molar-refractivity contribution >= 4 is 17.6 Å². The van der Waals surface area contributed by atoms with E-state index in [4.69, 9.17) is 14.0 Å². The molecule has 1 aromatic carbocycles. The van der Waals surface area contributed by atoms with Gasteiger partial charge in [-0.3, -0.25) is 9.59 Å². The van der Waals surface area contributed by atoms with E-state index in [0.29, 0.717) is 28.6 Å². The highest BCUT2D eigenvalue weighted by molar-refractivity contribution is 6.01. The number of likely N-dealkylation sites (N-methyl/N-ethyl adjacent to an activating group) is 1. The molecule has 2 rings (SSSR count). The zero-order chi connectivity index (χ0) is 17.7. The van der Waals surface area contributed by atoms with E-state index >= 15 is 0 Å². The zero-order valence-corrected chi connectivity index (χ0v) is 14.0. The Morgan fingerprint density at radius 3 is 2.62 bits per heavy atom. The van der Waals surface area contributed by atoms with Gasteiger partial charge in [-0.2, -0.15) is 0 Å². The quantitative estimate of drug-likeness (QED) is 0.865. The lowest BCUT2D eigenvalue weighted by molar-refractivity contribution is -0.116. The summed E-state index contributed by atoms with van der Waals surface area (Å²) in [5.74, 6) is 0.898. The van der Waals surface area contributed by atoms with Gasteiger partial charge in [-0.05, 0) is 19.1 Å². The Morgan fingerprint density at radius 2 is 2.04 bits per heavy atom. The van der Waals surface area contributed by atoms with Gasteiger partial charge in [0.2, 0.25) is 5.91 Å². The molecule has 0 aliphatic carbocycles. The van der Waals surface area contributed by atoms with Crippen LogP contribution in [0.3, 0.4) is 0 Å². The van der Waals surface area contributed by atoms with Crippen molar-refractivity contribution in [3.8, 4) is 11.5 Å². The second kappa shape index (κ2) is 7.49. The predicted octanol–water partition coefficient (Wildman–Crippen LogP) is 1.71. The smallest absolute Gasteiger partial charge is 0.257 e. The Morgan fingerprint density at radius 1 is 1.29 bits per heavy atom. The average Bonchev–Trinajstić information content (AvgIpc) is 2.97. The maximum Gasteiger partial charge on any atom is 0.257 e. The van der Waals surface area contributed by atoms with Crippen molar-refractivity contribution in [2.24, 2.45) is 0 Å². The van der Waals surface area contributed by atoms with Crippen molar-refractivity contribution in [2.75, 3.05) is 33.1 Å². The molecule has 0 fully saturated rings. The van der Waals surface area contributed by atoms with Gasteiger partial charge in [-0.25, -0.2) is 0 Å². The molecule has 2 amide bonds. The molecule has 1 N–H and O–H groups in total. The standard InChI is InChI=1S/C16H19N3O5/c1-10-8-13(18-24-10)17-14(20)9-19(2)16(21)11-6-5-7-12(22-3)15(11)23-4/h5-8H,9H2,1-4H3,(H,17,18,20). The van der Waals surface area contributed by atoms with Gasteiger partial charge >= 0.3 is 0 Å². The van der Waals surface area contributed by atoms with Crippen LogP contribution in [-0.2, 0) is 4.79 Å². The van der Waals surface area contributed by atoms with Crippen molar-refractivity contribution in [1.29, 1.82) is 0 Å². The van der Waals surface area contributed by atoms with Crippen LogP contribution < -0.4 is 14.8 Å². The van der Waals surface area contributed by atoms with Gasteiger partial charge in [-0.15, -0.1) is 0 Å². The molecule has 8 nitrogen and oxygen atoms in total. The summed E-state index contributed by atoms with van der Waals surface area (Å²) in [5, 5.41) is 6.23. The number of anilines is 1. The van der Waals surface area contributed by atoms with Gasteiger partial charge in [0, 0.05) is 13.1 Å². The first-order valence-electron chi connectivity index (χ1n) is 7.16. The SMILES string of the molecule is COc1cccc(C(=O)N(C)CC(=O)Nc2cc(C)on2)c1OC. The Kier molecular flexibility index (Phi) is 5.41. The summed E-state index contributed by atoms with van der Waals surface area (Å²) in [6.07, 6.45) is 0. The summed E-state index contributed by atoms with van der Waals surface area (Å²) in [6, 6.07) is 6.57. The van der Waals surface area contributed by atoms with Crippen LogP contribution in [0.4, 0.5) is 5.82 Å². The number of nitrogens with zero attached hydrogens (tertiary/aromatic N) is 2. The normalized spacial score (nSPS) is 10.2. The van der Waals surface area contributed by atoms with E-state index in [-0.39, 0.29) is 18.4 Å². The number of benzene rings is 1. The summed E-state index contributed by atoms with van der Waals surface area (Å²) in [6.45, 7) is 1.57. The van der Waals surface area contributed by atoms with Gasteiger partial charge in [0.05, 0.1) is 26.3 Å². The van der Waals surface area contributed by atoms with Crippen LogP contribution in [0.1, 0.15) is 16.1 Å². The first kappa shape index (κ1) is 17.3. The summed E-state index contributed by atoms with van der Waals surface area (Å²) >= 11 is 0. The third-order valence-electron chi connectivity index (χ3n) is 3.26. The summed E-state index contributed by atoms with van der Waals surface area (Å²) in [7, 11) is 4.46. The van der Waals surface area contributed by atoms with Crippen molar-refractivity contribution in [2.45, 2.75) is 6.92 Å². The number of amides is 2. The fraction of sp³-hybridized carbons (Fsp3) is 0.312. The number of methoxy groups -OCH3 is 2. The van der Waals surface area contributed by atoms with Gasteiger partial charge in [-0.1, -0.05) is 11.2 Å². The lowest BCUT2D eigenvalue weighted by Gasteiger charge is -2.19. The van der Waals surface area contributed by atoms with Crippen molar-refractivity contribution < 1.29 is 23.6 Å². The number of carbonyl (C=O) groups excluding carboxylic acids is 2. The van der Waals surface area contributed by atoms with Crippen LogP contribution in [-0.4, -0.2) is 49.7 Å². The molecule has 0 saturated heterocycles. The van der Waals surface area contributed by atoms with Gasteiger partial charge in [0.1, 0.15) is 5.76 Å². The molecule has 0 unspecified atom stereocenters. The number of carbonyl (C=O) groups is 2. The van der Waals surface area contributed by atoms with Gasteiger partial charge in [0.25, 0.3) is 5.91 Å². The number of rotatable bonds is 6. The Hall–Kier alpha value is -3.03. The highest BCUT2D eigenvalue weighted by Crippen LogP contribution is 2.31. The minimum atomic E-state index is -0.388. The van der Waals surface area contributed by atoms with E-state index in [9.17, 15) is 9.59 Å². The molecule has 2 aromatic rings. The number of aromatic nitrogens is 1. The lowest BCUT2D eigenvalue weighted by atomic mass is 10.1. The van der Waals surface area contributed by atoms with Crippen molar-refractivity contribution in [1.82, 2.24) is 10.1 Å². The van der Waals surface area contributed by atoms with Crippen molar-refractivity contribution in [3.05, 3.63) is 35.6 Å². The molecule has 128 valence electrons. The third-order valence-corrected chi connectivity index (χ3v) is 3.26. The first-order chi connectivity index (χ1) is 11.5. The molecule has 1 heterocycles. The lowest BCUT2D eigenvalue weighted by Crippen LogP contribution is -2.35. The summed E-state index contributed by atoms with van der Waals surface area (Å²) < 4.78 is 15.3. The minimum absolute atomic E-state index is 0.148. The topological polar surface area (TPSA) is 93.9 Å². The maximum absolute atomic E-state index is 12.6. The second-order valence-corrected chi connectivity index (χ2v) is 5.07. The van der Waals surface area contributed by atoms with E-state index in [1.807, 2.05) is 0 Å². The molecule has 24 heavy (non-hydrogen) atoms. The number of aryl methyl sites for hydroxylation is 1. The fourth-order valence-corrected chi connectivity index (χ4v) is 2.16. The molecule has 0 bridgehead atoms. The Bertz CT molecular complexity index is 741. The van der Waals surface area contributed by atoms with Gasteiger partial charge < -0.3 is 24.2 Å². The number of nitrogens with one attached hydrogen (secondary N) is 1. The van der Waals surface area contributed by atoms with E-state index in [2.05, 4.69) is 10.5 Å². The van der Waals surface area contributed by atoms with Crippen LogP contribution in [0.2, 0.25) is 0 Å². The van der Waals surface area contributed by atoms with Crippen LogP contribution >= 0.6 is 0 Å². The van der Waals surface area contributed by atoms with E-state index in [1.54, 1.807) is 31.2 Å². The molecule has 0 aliphatic rings. The third kappa shape index (κ3) is 3.83. The first-order valence-corrected chi connectivity index (χ1v) is 7.16. The second-order valence-electron chi connectivity index (χ2n) is 5.07. The molecular formula is C16H19N3O5. The highest BCUT2D eigenvalue weighted by atomic mass is 16.5. The minimum Gasteiger partial charge on any atom is -0.493 e. The van der Waals surface area contributed by atoms with Crippen LogP contribution in [0.25, 0.3) is 0 Å². The summed E-state index contributed by atoms with van der Waals surface area (Å²) in [4.78, 5) is 25.8. The monoisotopic (exact) mass is 333 g/mol. The van der Waals surface area contributed by atoms with Gasteiger partial charge in [0.15, 0.2) is 17.3 Å². The Balaban J connectivity index is 2.08. The predicted molar refractivity (Wildman–Crippen MR) is 86.4 cm³/mol. The molecule has 0 radical (unpaired) electrons. The molecule has 0 saturated carbocycles. The number of hydrogen-bond acceptors (Lipinski definition) is 6. The summed E-state index contributed by atoms with van der Waals surface area (Å²) in [5.41, 5.74) is 0.310. The van der Waals surface area contributed by atoms with Crippen LogP contribution in [0.5, 0.6) is 11.5 Å².